The summed E-state index contributed by atoms with van der Waals surface area (Å²) in [6.45, 7) is 0. The average molecular weight is 413 g/mol. The third-order valence-corrected chi connectivity index (χ3v) is 4.53. The summed E-state index contributed by atoms with van der Waals surface area (Å²) < 4.78 is 40.9. The Morgan fingerprint density at radius 2 is 1.72 bits per heavy atom. The molecule has 0 unspecified atom stereocenters. The van der Waals surface area contributed by atoms with E-state index in [4.69, 9.17) is 0 Å². The van der Waals surface area contributed by atoms with E-state index in [2.05, 4.69) is 21.0 Å². The van der Waals surface area contributed by atoms with Crippen molar-refractivity contribution in [1.82, 2.24) is 5.01 Å². The monoisotopic (exact) mass is 412 g/mol. The highest BCUT2D eigenvalue weighted by molar-refractivity contribution is 9.10. The van der Waals surface area contributed by atoms with Crippen LogP contribution in [0, 0.1) is 0 Å². The Bertz CT molecular complexity index is 839. The Hall–Kier alpha value is -2.19. The summed E-state index contributed by atoms with van der Waals surface area (Å²) in [7, 11) is 0. The minimum absolute atomic E-state index is 0.0131. The lowest BCUT2D eigenvalue weighted by Gasteiger charge is -2.32. The number of hydrazone groups is 1. The molecule has 0 bridgehead atoms. The minimum Gasteiger partial charge on any atom is -0.362 e. The lowest BCUT2D eigenvalue weighted by atomic mass is 10.0. The fourth-order valence-electron chi connectivity index (χ4n) is 2.52. The minimum atomic E-state index is -5.07. The number of amides is 1. The van der Waals surface area contributed by atoms with Crippen molar-refractivity contribution in [2.24, 2.45) is 5.10 Å². The molecule has 0 saturated heterocycles. The highest BCUT2D eigenvalue weighted by Gasteiger charge is 2.63. The third kappa shape index (κ3) is 3.07. The number of aliphatic hydroxyl groups is 1. The summed E-state index contributed by atoms with van der Waals surface area (Å²) >= 11 is 3.13. The number of rotatable bonds is 2. The summed E-state index contributed by atoms with van der Waals surface area (Å²) in [6, 6.07) is 14.2. The van der Waals surface area contributed by atoms with E-state index in [9.17, 15) is 23.1 Å². The second kappa shape index (κ2) is 6.27. The van der Waals surface area contributed by atoms with Crippen molar-refractivity contribution in [2.45, 2.75) is 18.3 Å². The van der Waals surface area contributed by atoms with E-state index < -0.39 is 24.2 Å². The zero-order chi connectivity index (χ0) is 18.2. The molecule has 25 heavy (non-hydrogen) atoms. The molecule has 0 saturated carbocycles. The van der Waals surface area contributed by atoms with Crippen LogP contribution in [-0.2, 0) is 0 Å². The van der Waals surface area contributed by atoms with Crippen molar-refractivity contribution in [1.29, 1.82) is 0 Å². The number of alkyl halides is 3. The van der Waals surface area contributed by atoms with Crippen LogP contribution in [0.3, 0.4) is 0 Å². The lowest BCUT2D eigenvalue weighted by Crippen LogP contribution is -2.56. The predicted octanol–water partition coefficient (Wildman–Crippen LogP) is 3.95. The highest BCUT2D eigenvalue weighted by Crippen LogP contribution is 2.42. The van der Waals surface area contributed by atoms with E-state index >= 15 is 0 Å². The second-order valence-electron chi connectivity index (χ2n) is 5.50. The van der Waals surface area contributed by atoms with Gasteiger partial charge in [-0.3, -0.25) is 4.79 Å². The first kappa shape index (κ1) is 17.6. The molecule has 1 amide bonds. The zero-order valence-corrected chi connectivity index (χ0v) is 14.3. The molecule has 4 nitrogen and oxygen atoms in total. The molecule has 1 atom stereocenters. The molecule has 130 valence electrons. The molecular weight excluding hydrogens is 401 g/mol. The number of carbonyl (C=O) groups excluding carboxylic acids is 1. The maximum absolute atomic E-state index is 13.5. The van der Waals surface area contributed by atoms with Gasteiger partial charge in [0.05, 0.1) is 17.7 Å². The van der Waals surface area contributed by atoms with Gasteiger partial charge in [0.15, 0.2) is 0 Å². The van der Waals surface area contributed by atoms with Crippen LogP contribution in [0.1, 0.15) is 22.3 Å². The van der Waals surface area contributed by atoms with Gasteiger partial charge >= 0.3 is 6.18 Å². The SMILES string of the molecule is O=C(c1ccccc1Br)N1N=C(c2ccccc2)C[C@@]1(O)C(F)(F)F. The van der Waals surface area contributed by atoms with Crippen molar-refractivity contribution < 1.29 is 23.1 Å². The quantitative estimate of drug-likeness (QED) is 0.811. The van der Waals surface area contributed by atoms with E-state index in [0.29, 0.717) is 10.0 Å². The zero-order valence-electron chi connectivity index (χ0n) is 12.7. The smallest absolute Gasteiger partial charge is 0.362 e. The maximum Gasteiger partial charge on any atom is 0.438 e. The number of benzene rings is 2. The molecule has 2 aromatic carbocycles. The van der Waals surface area contributed by atoms with Gasteiger partial charge in [0.25, 0.3) is 11.6 Å². The van der Waals surface area contributed by atoms with Crippen LogP contribution >= 0.6 is 15.9 Å². The van der Waals surface area contributed by atoms with Crippen LogP contribution in [0.25, 0.3) is 0 Å². The number of hydrogen-bond donors (Lipinski definition) is 1. The van der Waals surface area contributed by atoms with Gasteiger partial charge in [-0.2, -0.15) is 23.3 Å². The van der Waals surface area contributed by atoms with Gasteiger partial charge in [-0.05, 0) is 33.6 Å². The molecular formula is C17H12BrF3N2O2. The molecule has 0 fully saturated rings. The topological polar surface area (TPSA) is 52.9 Å². The van der Waals surface area contributed by atoms with E-state index in [1.807, 2.05) is 0 Å². The van der Waals surface area contributed by atoms with Gasteiger partial charge in [-0.1, -0.05) is 42.5 Å². The lowest BCUT2D eigenvalue weighted by molar-refractivity contribution is -0.297. The van der Waals surface area contributed by atoms with E-state index in [1.165, 1.54) is 18.2 Å². The first-order valence-corrected chi connectivity index (χ1v) is 8.04. The first-order chi connectivity index (χ1) is 11.7. The van der Waals surface area contributed by atoms with Crippen LogP contribution in [0.5, 0.6) is 0 Å². The van der Waals surface area contributed by atoms with Crippen LogP contribution in [0.2, 0.25) is 0 Å². The van der Waals surface area contributed by atoms with E-state index in [0.717, 1.165) is 0 Å². The molecule has 0 aliphatic carbocycles. The molecule has 0 radical (unpaired) electrons. The maximum atomic E-state index is 13.5. The molecule has 0 spiro atoms. The van der Waals surface area contributed by atoms with Crippen LogP contribution in [-0.4, -0.2) is 33.6 Å². The van der Waals surface area contributed by atoms with Gasteiger partial charge in [0, 0.05) is 4.47 Å². The van der Waals surface area contributed by atoms with Crippen molar-refractivity contribution in [3.8, 4) is 0 Å². The summed E-state index contributed by atoms with van der Waals surface area (Å²) in [5.74, 6) is -1.04. The predicted molar refractivity (Wildman–Crippen MR) is 88.9 cm³/mol. The Kier molecular flexibility index (Phi) is 4.42. The molecule has 1 aliphatic rings. The Labute approximate surface area is 149 Å². The first-order valence-electron chi connectivity index (χ1n) is 7.25. The van der Waals surface area contributed by atoms with E-state index in [1.54, 1.807) is 36.4 Å². The Morgan fingerprint density at radius 3 is 2.32 bits per heavy atom. The largest absolute Gasteiger partial charge is 0.438 e. The fourth-order valence-corrected chi connectivity index (χ4v) is 2.97. The molecule has 8 heteroatoms. The van der Waals surface area contributed by atoms with Crippen LogP contribution < -0.4 is 0 Å². The van der Waals surface area contributed by atoms with Gasteiger partial charge in [-0.15, -0.1) is 0 Å². The number of nitrogens with zero attached hydrogens (tertiary/aromatic N) is 2. The van der Waals surface area contributed by atoms with Gasteiger partial charge < -0.3 is 5.11 Å². The van der Waals surface area contributed by atoms with Gasteiger partial charge in [0.1, 0.15) is 0 Å². The molecule has 1 N–H and O–H groups in total. The van der Waals surface area contributed by atoms with Gasteiger partial charge in [-0.25, -0.2) is 0 Å². The van der Waals surface area contributed by atoms with E-state index in [-0.39, 0.29) is 16.3 Å². The summed E-state index contributed by atoms with van der Waals surface area (Å²) in [5.41, 5.74) is -3.03. The molecule has 3 rings (SSSR count). The molecule has 0 aromatic heterocycles. The van der Waals surface area contributed by atoms with Crippen molar-refractivity contribution >= 4 is 27.5 Å². The fraction of sp³-hybridized carbons (Fsp3) is 0.176. The Morgan fingerprint density at radius 1 is 1.12 bits per heavy atom. The summed E-state index contributed by atoms with van der Waals surface area (Å²) in [5, 5.41) is 14.2. The molecule has 2 aromatic rings. The summed E-state index contributed by atoms with van der Waals surface area (Å²) in [4.78, 5) is 12.6. The van der Waals surface area contributed by atoms with Gasteiger partial charge in [0.2, 0.25) is 0 Å². The van der Waals surface area contributed by atoms with Crippen LogP contribution in [0.4, 0.5) is 13.2 Å². The third-order valence-electron chi connectivity index (χ3n) is 3.84. The molecule has 1 aliphatic heterocycles. The second-order valence-corrected chi connectivity index (χ2v) is 6.36. The highest BCUT2D eigenvalue weighted by atomic mass is 79.9. The molecule has 1 heterocycles. The standard InChI is InChI=1S/C17H12BrF3N2O2/c18-13-9-5-4-8-12(13)15(24)23-16(25,17(19,20)21)10-14(22-23)11-6-2-1-3-7-11/h1-9,25H,10H2/t16-/m1/s1. The average Bonchev–Trinajstić information content (AvgIpc) is 2.94. The Balaban J connectivity index is 2.08. The van der Waals surface area contributed by atoms with Crippen molar-refractivity contribution in [3.05, 3.63) is 70.2 Å². The van der Waals surface area contributed by atoms with Crippen molar-refractivity contribution in [3.63, 3.8) is 0 Å². The van der Waals surface area contributed by atoms with Crippen molar-refractivity contribution in [2.75, 3.05) is 0 Å². The number of halogens is 4. The number of hydrogen-bond acceptors (Lipinski definition) is 3. The summed E-state index contributed by atoms with van der Waals surface area (Å²) in [6.07, 6.45) is -5.90. The van der Waals surface area contributed by atoms with Crippen LogP contribution in [0.15, 0.2) is 64.2 Å². The number of carbonyl (C=O) groups is 1. The normalized spacial score (nSPS) is 20.5.